The van der Waals surface area contributed by atoms with E-state index in [1.807, 2.05) is 36.4 Å². The Kier molecular flexibility index (Phi) is 5.98. The van der Waals surface area contributed by atoms with Crippen LogP contribution < -0.4 is 10.1 Å². The molecular weight excluding hydrogens is 286 g/mol. The molecule has 0 saturated carbocycles. The van der Waals surface area contributed by atoms with Crippen LogP contribution in [0.15, 0.2) is 54.6 Å². The van der Waals surface area contributed by atoms with Gasteiger partial charge in [0.05, 0.1) is 7.11 Å². The Morgan fingerprint density at radius 3 is 2.35 bits per heavy atom. The van der Waals surface area contributed by atoms with Crippen molar-refractivity contribution >= 4 is 17.7 Å². The second-order valence-electron chi connectivity index (χ2n) is 5.53. The lowest BCUT2D eigenvalue weighted by atomic mass is 9.99. The zero-order chi connectivity index (χ0) is 16.7. The third-order valence-electron chi connectivity index (χ3n) is 3.90. The number of carbonyl (C=O) groups excluding carboxylic acids is 1. The summed E-state index contributed by atoms with van der Waals surface area (Å²) in [6.07, 6.45) is 4.42. The molecule has 1 amide bonds. The molecule has 0 spiro atoms. The van der Waals surface area contributed by atoms with Crippen LogP contribution in [0.3, 0.4) is 0 Å². The van der Waals surface area contributed by atoms with Crippen LogP contribution in [-0.2, 0) is 4.79 Å². The first-order valence-electron chi connectivity index (χ1n) is 7.85. The Labute approximate surface area is 138 Å². The molecule has 0 aromatic heterocycles. The Bertz CT molecular complexity index is 657. The van der Waals surface area contributed by atoms with Crippen LogP contribution in [0.4, 0.5) is 5.69 Å². The molecule has 2 aromatic carbocycles. The van der Waals surface area contributed by atoms with Gasteiger partial charge in [-0.15, -0.1) is 0 Å². The molecule has 3 nitrogen and oxygen atoms in total. The number of anilines is 1. The lowest BCUT2D eigenvalue weighted by molar-refractivity contribution is -0.111. The van der Waals surface area contributed by atoms with Crippen molar-refractivity contribution < 1.29 is 9.53 Å². The van der Waals surface area contributed by atoms with Gasteiger partial charge in [0.15, 0.2) is 0 Å². The zero-order valence-corrected chi connectivity index (χ0v) is 13.9. The molecule has 0 fully saturated rings. The minimum absolute atomic E-state index is 0.142. The topological polar surface area (TPSA) is 38.3 Å². The summed E-state index contributed by atoms with van der Waals surface area (Å²) in [6.45, 7) is 4.37. The Balaban J connectivity index is 1.94. The van der Waals surface area contributed by atoms with Crippen molar-refractivity contribution in [2.45, 2.75) is 26.2 Å². The zero-order valence-electron chi connectivity index (χ0n) is 13.9. The highest BCUT2D eigenvalue weighted by atomic mass is 16.5. The van der Waals surface area contributed by atoms with E-state index in [1.165, 1.54) is 11.6 Å². The van der Waals surface area contributed by atoms with Gasteiger partial charge in [0.25, 0.3) is 0 Å². The van der Waals surface area contributed by atoms with Gasteiger partial charge in [-0.2, -0.15) is 0 Å². The summed E-state index contributed by atoms with van der Waals surface area (Å²) in [5, 5.41) is 2.87. The molecule has 1 atom stereocenters. The second-order valence-corrected chi connectivity index (χ2v) is 5.53. The molecule has 3 heteroatoms. The minimum atomic E-state index is -0.142. The molecule has 2 rings (SSSR count). The van der Waals surface area contributed by atoms with Crippen LogP contribution in [0.1, 0.15) is 37.3 Å². The molecule has 2 aromatic rings. The SMILES string of the molecule is CCC(C)c1ccc(NC(=O)/C=C/c2ccc(OC)cc2)cc1. The summed E-state index contributed by atoms with van der Waals surface area (Å²) < 4.78 is 5.10. The molecule has 0 aliphatic heterocycles. The van der Waals surface area contributed by atoms with E-state index in [9.17, 15) is 4.79 Å². The van der Waals surface area contributed by atoms with E-state index >= 15 is 0 Å². The second kappa shape index (κ2) is 8.18. The summed E-state index contributed by atoms with van der Waals surface area (Å²) >= 11 is 0. The standard InChI is InChI=1S/C20H23NO2/c1-4-15(2)17-8-10-18(11-9-17)21-20(22)14-7-16-5-12-19(23-3)13-6-16/h5-15H,4H2,1-3H3,(H,21,22)/b14-7+. The fourth-order valence-electron chi connectivity index (χ4n) is 2.20. The highest BCUT2D eigenvalue weighted by Crippen LogP contribution is 2.20. The average molecular weight is 309 g/mol. The van der Waals surface area contributed by atoms with Gasteiger partial charge in [0, 0.05) is 11.8 Å². The van der Waals surface area contributed by atoms with Crippen LogP contribution in [0.25, 0.3) is 6.08 Å². The van der Waals surface area contributed by atoms with Crippen molar-refractivity contribution in [3.63, 3.8) is 0 Å². The van der Waals surface area contributed by atoms with E-state index in [4.69, 9.17) is 4.74 Å². The molecule has 0 saturated heterocycles. The van der Waals surface area contributed by atoms with E-state index in [-0.39, 0.29) is 5.91 Å². The summed E-state index contributed by atoms with van der Waals surface area (Å²) in [7, 11) is 1.63. The summed E-state index contributed by atoms with van der Waals surface area (Å²) in [4.78, 5) is 12.0. The Morgan fingerprint density at radius 1 is 1.13 bits per heavy atom. The van der Waals surface area contributed by atoms with E-state index in [2.05, 4.69) is 31.3 Å². The largest absolute Gasteiger partial charge is 0.497 e. The number of amides is 1. The summed E-state index contributed by atoms with van der Waals surface area (Å²) in [5.74, 6) is 1.19. The van der Waals surface area contributed by atoms with Crippen LogP contribution in [0, 0.1) is 0 Å². The number of carbonyl (C=O) groups is 1. The molecule has 1 unspecified atom stereocenters. The average Bonchev–Trinajstić information content (AvgIpc) is 2.60. The Hall–Kier alpha value is -2.55. The molecular formula is C20H23NO2. The number of ether oxygens (including phenoxy) is 1. The van der Waals surface area contributed by atoms with Crippen LogP contribution in [0.5, 0.6) is 5.75 Å². The van der Waals surface area contributed by atoms with Crippen LogP contribution >= 0.6 is 0 Å². The van der Waals surface area contributed by atoms with Crippen molar-refractivity contribution in [3.8, 4) is 5.75 Å². The molecule has 0 aliphatic carbocycles. The maximum atomic E-state index is 12.0. The number of hydrogen-bond acceptors (Lipinski definition) is 2. The monoisotopic (exact) mass is 309 g/mol. The van der Waals surface area contributed by atoms with E-state index < -0.39 is 0 Å². The van der Waals surface area contributed by atoms with Crippen molar-refractivity contribution in [2.24, 2.45) is 0 Å². The number of benzene rings is 2. The first kappa shape index (κ1) is 16.8. The van der Waals surface area contributed by atoms with Gasteiger partial charge in [0.1, 0.15) is 5.75 Å². The van der Waals surface area contributed by atoms with Crippen molar-refractivity contribution in [3.05, 3.63) is 65.7 Å². The van der Waals surface area contributed by atoms with E-state index in [1.54, 1.807) is 13.2 Å². The quantitative estimate of drug-likeness (QED) is 0.774. The number of rotatable bonds is 6. The van der Waals surface area contributed by atoms with E-state index in [0.29, 0.717) is 5.92 Å². The summed E-state index contributed by atoms with van der Waals surface area (Å²) in [5.41, 5.74) is 3.05. The fourth-order valence-corrected chi connectivity index (χ4v) is 2.20. The highest BCUT2D eigenvalue weighted by molar-refractivity contribution is 6.01. The van der Waals surface area contributed by atoms with Gasteiger partial charge < -0.3 is 10.1 Å². The van der Waals surface area contributed by atoms with Crippen molar-refractivity contribution in [2.75, 3.05) is 12.4 Å². The first-order chi connectivity index (χ1) is 11.1. The molecule has 120 valence electrons. The van der Waals surface area contributed by atoms with Gasteiger partial charge in [-0.1, -0.05) is 38.1 Å². The minimum Gasteiger partial charge on any atom is -0.497 e. The molecule has 0 radical (unpaired) electrons. The molecule has 0 aliphatic rings. The first-order valence-corrected chi connectivity index (χ1v) is 7.85. The molecule has 0 bridgehead atoms. The van der Waals surface area contributed by atoms with Gasteiger partial charge in [-0.25, -0.2) is 0 Å². The lowest BCUT2D eigenvalue weighted by Crippen LogP contribution is -2.07. The van der Waals surface area contributed by atoms with Gasteiger partial charge in [0.2, 0.25) is 5.91 Å². The van der Waals surface area contributed by atoms with Crippen molar-refractivity contribution in [1.82, 2.24) is 0 Å². The normalized spacial score (nSPS) is 12.1. The lowest BCUT2D eigenvalue weighted by Gasteiger charge is -2.09. The van der Waals surface area contributed by atoms with Gasteiger partial charge in [-0.05, 0) is 53.8 Å². The maximum absolute atomic E-state index is 12.0. The predicted molar refractivity (Wildman–Crippen MR) is 95.8 cm³/mol. The molecule has 0 heterocycles. The van der Waals surface area contributed by atoms with Gasteiger partial charge in [-0.3, -0.25) is 4.79 Å². The number of methoxy groups -OCH3 is 1. The summed E-state index contributed by atoms with van der Waals surface area (Å²) in [6, 6.07) is 15.6. The highest BCUT2D eigenvalue weighted by Gasteiger charge is 2.03. The maximum Gasteiger partial charge on any atom is 0.248 e. The number of nitrogens with one attached hydrogen (secondary N) is 1. The third-order valence-corrected chi connectivity index (χ3v) is 3.90. The van der Waals surface area contributed by atoms with Gasteiger partial charge >= 0.3 is 0 Å². The fraction of sp³-hybridized carbons (Fsp3) is 0.250. The van der Waals surface area contributed by atoms with Crippen molar-refractivity contribution in [1.29, 1.82) is 0 Å². The van der Waals surface area contributed by atoms with E-state index in [0.717, 1.165) is 23.4 Å². The predicted octanol–water partition coefficient (Wildman–Crippen LogP) is 4.86. The Morgan fingerprint density at radius 2 is 1.78 bits per heavy atom. The van der Waals surface area contributed by atoms with Crippen LogP contribution in [0.2, 0.25) is 0 Å². The number of hydrogen-bond donors (Lipinski definition) is 1. The van der Waals surface area contributed by atoms with Crippen LogP contribution in [-0.4, -0.2) is 13.0 Å². The molecule has 1 N–H and O–H groups in total. The third kappa shape index (κ3) is 4.99. The smallest absolute Gasteiger partial charge is 0.248 e. The molecule has 23 heavy (non-hydrogen) atoms.